The van der Waals surface area contributed by atoms with Crippen LogP contribution in [-0.4, -0.2) is 75.8 Å². The first-order valence-corrected chi connectivity index (χ1v) is 11.5. The number of thiophene rings is 1. The molecule has 1 heterocycles. The van der Waals surface area contributed by atoms with Crippen molar-refractivity contribution >= 4 is 23.2 Å². The normalized spacial score (nSPS) is 11.5. The van der Waals surface area contributed by atoms with E-state index < -0.39 is 12.0 Å². The summed E-state index contributed by atoms with van der Waals surface area (Å²) in [4.78, 5) is 23.7. The van der Waals surface area contributed by atoms with Gasteiger partial charge in [-0.2, -0.15) is 5.26 Å². The zero-order valence-corrected chi connectivity index (χ0v) is 19.6. The highest BCUT2D eigenvalue weighted by molar-refractivity contribution is 7.14. The Labute approximate surface area is 202 Å². The van der Waals surface area contributed by atoms with Gasteiger partial charge in [0.1, 0.15) is 29.3 Å². The molecular weight excluding hydrogens is 462 g/mol. The lowest BCUT2D eigenvalue weighted by Crippen LogP contribution is -2.32. The fourth-order valence-electron chi connectivity index (χ4n) is 2.67. The molecule has 0 bridgehead atoms. The Balaban J connectivity index is 1.38. The molecule has 0 saturated carbocycles. The van der Waals surface area contributed by atoms with Crippen LogP contribution in [0.4, 0.5) is 0 Å². The maximum atomic E-state index is 11.9. The molecule has 2 rings (SSSR count). The molecule has 0 spiro atoms. The maximum Gasteiger partial charge on any atom is 0.320 e. The van der Waals surface area contributed by atoms with E-state index in [1.165, 1.54) is 0 Å². The summed E-state index contributed by atoms with van der Waals surface area (Å²) in [5.74, 6) is -0.574. The first-order chi connectivity index (χ1) is 16.5. The van der Waals surface area contributed by atoms with Crippen molar-refractivity contribution in [2.24, 2.45) is 5.73 Å². The number of nitrogens with zero attached hydrogens (tertiary/aromatic N) is 1. The molecule has 0 fully saturated rings. The molecule has 2 aromatic rings. The van der Waals surface area contributed by atoms with Gasteiger partial charge in [0.05, 0.1) is 44.5 Å². The van der Waals surface area contributed by atoms with Crippen LogP contribution < -0.4 is 15.8 Å². The van der Waals surface area contributed by atoms with Crippen molar-refractivity contribution in [3.05, 3.63) is 51.7 Å². The van der Waals surface area contributed by atoms with Crippen molar-refractivity contribution in [1.82, 2.24) is 5.32 Å². The number of amides is 1. The number of nitriles is 1. The topological polar surface area (TPSA) is 153 Å². The van der Waals surface area contributed by atoms with Crippen LogP contribution in [0, 0.1) is 11.3 Å². The van der Waals surface area contributed by atoms with E-state index >= 15 is 0 Å². The second-order valence-corrected chi connectivity index (χ2v) is 8.09. The Kier molecular flexibility index (Phi) is 12.6. The second kappa shape index (κ2) is 15.8. The predicted octanol–water partition coefficient (Wildman–Crippen LogP) is 1.43. The number of carbonyl (C=O) groups is 2. The highest BCUT2D eigenvalue weighted by atomic mass is 32.1. The van der Waals surface area contributed by atoms with Gasteiger partial charge in [-0.1, -0.05) is 12.1 Å². The van der Waals surface area contributed by atoms with Crippen molar-refractivity contribution in [3.63, 3.8) is 0 Å². The Bertz CT molecular complexity index is 927. The lowest BCUT2D eigenvalue weighted by molar-refractivity contribution is -0.138. The predicted molar refractivity (Wildman–Crippen MR) is 125 cm³/mol. The van der Waals surface area contributed by atoms with Crippen LogP contribution in [0.25, 0.3) is 0 Å². The van der Waals surface area contributed by atoms with E-state index in [1.807, 2.05) is 6.07 Å². The van der Waals surface area contributed by atoms with Gasteiger partial charge < -0.3 is 35.1 Å². The fraction of sp³-hybridized carbons (Fsp3) is 0.435. The average Bonchev–Trinajstić information content (AvgIpc) is 3.32. The van der Waals surface area contributed by atoms with E-state index in [4.69, 9.17) is 35.0 Å². The van der Waals surface area contributed by atoms with Gasteiger partial charge in [0.15, 0.2) is 0 Å². The molecule has 1 atom stereocenters. The van der Waals surface area contributed by atoms with Crippen molar-refractivity contribution < 1.29 is 33.6 Å². The summed E-state index contributed by atoms with van der Waals surface area (Å²) in [6.45, 7) is 3.21. The summed E-state index contributed by atoms with van der Waals surface area (Å²) in [5.41, 5.74) is 6.35. The molecular formula is C23H29N3O7S. The summed E-state index contributed by atoms with van der Waals surface area (Å²) in [6, 6.07) is 11.4. The molecule has 184 valence electrons. The number of benzene rings is 1. The monoisotopic (exact) mass is 491 g/mol. The zero-order chi connectivity index (χ0) is 24.6. The lowest BCUT2D eigenvalue weighted by atomic mass is 10.1. The molecule has 0 aliphatic rings. The number of carbonyl (C=O) groups excluding carboxylic acids is 1. The maximum absolute atomic E-state index is 11.9. The van der Waals surface area contributed by atoms with Crippen LogP contribution in [0.15, 0.2) is 36.4 Å². The van der Waals surface area contributed by atoms with Crippen LogP contribution in [-0.2, 0) is 25.4 Å². The second-order valence-electron chi connectivity index (χ2n) is 7.01. The van der Waals surface area contributed by atoms with E-state index in [1.54, 1.807) is 36.4 Å². The molecule has 0 radical (unpaired) electrons. The molecule has 11 heteroatoms. The molecule has 1 aromatic carbocycles. The quantitative estimate of drug-likeness (QED) is 0.279. The molecule has 34 heavy (non-hydrogen) atoms. The number of nitrogens with one attached hydrogen (secondary N) is 1. The molecule has 1 amide bonds. The SMILES string of the molecule is N#Cc1ccc(C(=O)NCCOCCOCCOCCOc2ccc(CC(N)C(=O)O)cc2)s1. The number of aliphatic carboxylic acids is 1. The number of hydrogen-bond acceptors (Lipinski definition) is 9. The summed E-state index contributed by atoms with van der Waals surface area (Å²) < 4.78 is 21.8. The van der Waals surface area contributed by atoms with Gasteiger partial charge in [-0.15, -0.1) is 11.3 Å². The molecule has 4 N–H and O–H groups in total. The summed E-state index contributed by atoms with van der Waals surface area (Å²) >= 11 is 1.15. The van der Waals surface area contributed by atoms with Gasteiger partial charge >= 0.3 is 5.97 Å². The molecule has 1 unspecified atom stereocenters. The lowest BCUT2D eigenvalue weighted by Gasteiger charge is -2.10. The zero-order valence-electron chi connectivity index (χ0n) is 18.7. The first kappa shape index (κ1) is 27.2. The van der Waals surface area contributed by atoms with Gasteiger partial charge in [0.2, 0.25) is 0 Å². The molecule has 0 aliphatic heterocycles. The smallest absolute Gasteiger partial charge is 0.320 e. The summed E-state index contributed by atoms with van der Waals surface area (Å²) in [7, 11) is 0. The van der Waals surface area contributed by atoms with Crippen LogP contribution in [0.3, 0.4) is 0 Å². The number of nitrogens with two attached hydrogens (primary N) is 1. The van der Waals surface area contributed by atoms with Crippen LogP contribution in [0.2, 0.25) is 0 Å². The van der Waals surface area contributed by atoms with E-state index in [0.29, 0.717) is 68.3 Å². The molecule has 0 aliphatic carbocycles. The van der Waals surface area contributed by atoms with Gasteiger partial charge in [0, 0.05) is 6.54 Å². The van der Waals surface area contributed by atoms with Gasteiger partial charge in [-0.05, 0) is 36.2 Å². The van der Waals surface area contributed by atoms with Crippen LogP contribution >= 0.6 is 11.3 Å². The first-order valence-electron chi connectivity index (χ1n) is 10.7. The minimum absolute atomic E-state index is 0.218. The van der Waals surface area contributed by atoms with Crippen LogP contribution in [0.1, 0.15) is 20.1 Å². The summed E-state index contributed by atoms with van der Waals surface area (Å²) in [5, 5.41) is 20.3. The van der Waals surface area contributed by atoms with Gasteiger partial charge in [-0.3, -0.25) is 9.59 Å². The highest BCUT2D eigenvalue weighted by Gasteiger charge is 2.12. The van der Waals surface area contributed by atoms with Crippen molar-refractivity contribution in [2.75, 3.05) is 52.8 Å². The van der Waals surface area contributed by atoms with Gasteiger partial charge in [0.25, 0.3) is 5.91 Å². The van der Waals surface area contributed by atoms with E-state index in [9.17, 15) is 9.59 Å². The van der Waals surface area contributed by atoms with Crippen molar-refractivity contribution in [1.29, 1.82) is 5.26 Å². The third-order valence-electron chi connectivity index (χ3n) is 4.41. The molecule has 1 aromatic heterocycles. The third-order valence-corrected chi connectivity index (χ3v) is 5.40. The fourth-order valence-corrected chi connectivity index (χ4v) is 3.39. The Morgan fingerprint density at radius 1 is 0.971 bits per heavy atom. The van der Waals surface area contributed by atoms with Crippen molar-refractivity contribution in [3.8, 4) is 11.8 Å². The Morgan fingerprint density at radius 3 is 2.18 bits per heavy atom. The van der Waals surface area contributed by atoms with Crippen LogP contribution in [0.5, 0.6) is 5.75 Å². The van der Waals surface area contributed by atoms with Crippen molar-refractivity contribution in [2.45, 2.75) is 12.5 Å². The van der Waals surface area contributed by atoms with E-state index in [-0.39, 0.29) is 12.3 Å². The summed E-state index contributed by atoms with van der Waals surface area (Å²) in [6.07, 6.45) is 0.265. The van der Waals surface area contributed by atoms with E-state index in [0.717, 1.165) is 16.9 Å². The standard InChI is InChI=1S/C23H29N3O7S/c24-16-19-5-6-21(34-19)22(27)26-7-8-30-9-10-31-11-12-32-13-14-33-18-3-1-17(2-4-18)15-20(25)23(28)29/h1-6,20H,7-15,25H2,(H,26,27)(H,28,29). The molecule has 0 saturated heterocycles. The number of carboxylic acids is 1. The molecule has 10 nitrogen and oxygen atoms in total. The number of hydrogen-bond donors (Lipinski definition) is 3. The average molecular weight is 492 g/mol. The minimum Gasteiger partial charge on any atom is -0.491 e. The highest BCUT2D eigenvalue weighted by Crippen LogP contribution is 2.15. The Hall–Kier alpha value is -3.01. The van der Waals surface area contributed by atoms with Gasteiger partial charge in [-0.25, -0.2) is 0 Å². The number of ether oxygens (including phenoxy) is 4. The van der Waals surface area contributed by atoms with E-state index in [2.05, 4.69) is 5.32 Å². The third kappa shape index (κ3) is 10.7. The number of carboxylic acid groups (broad SMARTS) is 1. The minimum atomic E-state index is -1.03. The largest absolute Gasteiger partial charge is 0.491 e. The Morgan fingerprint density at radius 2 is 1.59 bits per heavy atom. The number of rotatable bonds is 17.